The fourth-order valence-corrected chi connectivity index (χ4v) is 1.25. The maximum atomic E-state index is 13.0. The number of rotatable bonds is 3. The van der Waals surface area contributed by atoms with E-state index >= 15 is 0 Å². The van der Waals surface area contributed by atoms with Gasteiger partial charge in [-0.1, -0.05) is 0 Å². The van der Waals surface area contributed by atoms with Crippen LogP contribution in [0.25, 0.3) is 0 Å². The SMILES string of the molecule is CC(N)CCc1cc(F)cc(C#N)c1. The maximum absolute atomic E-state index is 13.0. The smallest absolute Gasteiger partial charge is 0.124 e. The van der Waals surface area contributed by atoms with Crippen molar-refractivity contribution in [3.05, 3.63) is 35.1 Å². The monoisotopic (exact) mass is 192 g/mol. The molecular formula is C11H13FN2. The Balaban J connectivity index is 2.78. The van der Waals surface area contributed by atoms with Crippen molar-refractivity contribution in [2.75, 3.05) is 0 Å². The molecule has 0 amide bonds. The quantitative estimate of drug-likeness (QED) is 0.796. The zero-order chi connectivity index (χ0) is 10.6. The number of aryl methyl sites for hydroxylation is 1. The molecule has 74 valence electrons. The van der Waals surface area contributed by atoms with Crippen LogP contribution < -0.4 is 5.73 Å². The van der Waals surface area contributed by atoms with E-state index in [0.717, 1.165) is 12.0 Å². The summed E-state index contributed by atoms with van der Waals surface area (Å²) in [6.07, 6.45) is 1.51. The topological polar surface area (TPSA) is 49.8 Å². The molecule has 0 spiro atoms. The standard InChI is InChI=1S/C11H13FN2/c1-8(14)2-3-9-4-10(7-13)6-11(12)5-9/h4-6,8H,2-3,14H2,1H3. The maximum Gasteiger partial charge on any atom is 0.124 e. The van der Waals surface area contributed by atoms with Crippen molar-refractivity contribution < 1.29 is 4.39 Å². The third kappa shape index (κ3) is 3.15. The van der Waals surface area contributed by atoms with Crippen LogP contribution in [0.5, 0.6) is 0 Å². The van der Waals surface area contributed by atoms with Gasteiger partial charge >= 0.3 is 0 Å². The molecule has 1 atom stereocenters. The molecule has 0 radical (unpaired) electrons. The molecule has 0 fully saturated rings. The molecule has 0 saturated heterocycles. The van der Waals surface area contributed by atoms with E-state index < -0.39 is 0 Å². The Morgan fingerprint density at radius 2 is 2.21 bits per heavy atom. The average molecular weight is 192 g/mol. The summed E-state index contributed by atoms with van der Waals surface area (Å²) in [5.41, 5.74) is 6.79. The summed E-state index contributed by atoms with van der Waals surface area (Å²) >= 11 is 0. The Labute approximate surface area is 83.2 Å². The van der Waals surface area contributed by atoms with Crippen LogP contribution in [0, 0.1) is 17.1 Å². The Morgan fingerprint density at radius 1 is 1.50 bits per heavy atom. The highest BCUT2D eigenvalue weighted by Gasteiger charge is 2.01. The highest BCUT2D eigenvalue weighted by Crippen LogP contribution is 2.10. The van der Waals surface area contributed by atoms with Crippen molar-refractivity contribution >= 4 is 0 Å². The molecule has 14 heavy (non-hydrogen) atoms. The van der Waals surface area contributed by atoms with Crippen LogP contribution in [0.1, 0.15) is 24.5 Å². The molecule has 3 heteroatoms. The molecule has 2 N–H and O–H groups in total. The third-order valence-electron chi connectivity index (χ3n) is 1.98. The van der Waals surface area contributed by atoms with Gasteiger partial charge in [0.25, 0.3) is 0 Å². The number of hydrogen-bond donors (Lipinski definition) is 1. The molecule has 0 aliphatic carbocycles. The van der Waals surface area contributed by atoms with Crippen molar-refractivity contribution in [3.63, 3.8) is 0 Å². The Bertz CT molecular complexity index is 353. The van der Waals surface area contributed by atoms with Gasteiger partial charge in [0.2, 0.25) is 0 Å². The van der Waals surface area contributed by atoms with E-state index in [2.05, 4.69) is 0 Å². The van der Waals surface area contributed by atoms with Crippen LogP contribution in [-0.4, -0.2) is 6.04 Å². The predicted octanol–water partition coefficient (Wildman–Crippen LogP) is 1.98. The van der Waals surface area contributed by atoms with Crippen LogP contribution in [0.2, 0.25) is 0 Å². The van der Waals surface area contributed by atoms with Gasteiger partial charge in [0, 0.05) is 6.04 Å². The highest BCUT2D eigenvalue weighted by atomic mass is 19.1. The van der Waals surface area contributed by atoms with Gasteiger partial charge in [0.05, 0.1) is 11.6 Å². The molecule has 0 aliphatic heterocycles. The fraction of sp³-hybridized carbons (Fsp3) is 0.364. The summed E-state index contributed by atoms with van der Waals surface area (Å²) in [4.78, 5) is 0. The first-order valence-electron chi connectivity index (χ1n) is 4.57. The van der Waals surface area contributed by atoms with E-state index in [-0.39, 0.29) is 11.9 Å². The Morgan fingerprint density at radius 3 is 2.79 bits per heavy atom. The summed E-state index contributed by atoms with van der Waals surface area (Å²) in [6, 6.07) is 6.40. The zero-order valence-corrected chi connectivity index (χ0v) is 8.13. The number of halogens is 1. The van der Waals surface area contributed by atoms with E-state index in [1.54, 1.807) is 6.07 Å². The number of benzene rings is 1. The molecule has 0 aliphatic rings. The summed E-state index contributed by atoms with van der Waals surface area (Å²) < 4.78 is 13.0. The largest absolute Gasteiger partial charge is 0.328 e. The van der Waals surface area contributed by atoms with E-state index in [1.165, 1.54) is 12.1 Å². The molecule has 1 unspecified atom stereocenters. The van der Waals surface area contributed by atoms with Crippen molar-refractivity contribution in [1.82, 2.24) is 0 Å². The van der Waals surface area contributed by atoms with Crippen LogP contribution in [0.15, 0.2) is 18.2 Å². The Hall–Kier alpha value is -1.40. The first kappa shape index (κ1) is 10.7. The van der Waals surface area contributed by atoms with E-state index in [1.807, 2.05) is 13.0 Å². The molecule has 2 nitrogen and oxygen atoms in total. The van der Waals surface area contributed by atoms with Gasteiger partial charge < -0.3 is 5.73 Å². The van der Waals surface area contributed by atoms with Gasteiger partial charge in [-0.3, -0.25) is 0 Å². The van der Waals surface area contributed by atoms with Gasteiger partial charge in [0.15, 0.2) is 0 Å². The molecule has 0 aromatic heterocycles. The summed E-state index contributed by atoms with van der Waals surface area (Å²) in [5, 5.41) is 8.62. The molecule has 0 saturated carbocycles. The second-order valence-corrected chi connectivity index (χ2v) is 3.48. The van der Waals surface area contributed by atoms with Crippen LogP contribution in [0.3, 0.4) is 0 Å². The molecular weight excluding hydrogens is 179 g/mol. The number of hydrogen-bond acceptors (Lipinski definition) is 2. The van der Waals surface area contributed by atoms with Gasteiger partial charge in [-0.15, -0.1) is 0 Å². The van der Waals surface area contributed by atoms with Crippen LogP contribution in [0.4, 0.5) is 4.39 Å². The first-order chi connectivity index (χ1) is 6.61. The molecule has 1 aromatic carbocycles. The molecule has 0 bridgehead atoms. The predicted molar refractivity (Wildman–Crippen MR) is 53.1 cm³/mol. The Kier molecular flexibility index (Phi) is 3.61. The number of nitrogens with two attached hydrogens (primary N) is 1. The molecule has 1 rings (SSSR count). The minimum atomic E-state index is -0.358. The zero-order valence-electron chi connectivity index (χ0n) is 8.13. The summed E-state index contributed by atoms with van der Waals surface area (Å²) in [5.74, 6) is -0.358. The van der Waals surface area contributed by atoms with E-state index in [9.17, 15) is 4.39 Å². The van der Waals surface area contributed by atoms with Crippen molar-refractivity contribution in [2.45, 2.75) is 25.8 Å². The van der Waals surface area contributed by atoms with Gasteiger partial charge in [0.1, 0.15) is 5.82 Å². The second kappa shape index (κ2) is 4.73. The summed E-state index contributed by atoms with van der Waals surface area (Å²) in [6.45, 7) is 1.91. The minimum absolute atomic E-state index is 0.101. The van der Waals surface area contributed by atoms with Crippen molar-refractivity contribution in [2.24, 2.45) is 5.73 Å². The van der Waals surface area contributed by atoms with Crippen LogP contribution in [-0.2, 0) is 6.42 Å². The fourth-order valence-electron chi connectivity index (χ4n) is 1.25. The normalized spacial score (nSPS) is 12.1. The minimum Gasteiger partial charge on any atom is -0.328 e. The van der Waals surface area contributed by atoms with Crippen molar-refractivity contribution in [3.8, 4) is 6.07 Å². The number of nitrogens with zero attached hydrogens (tertiary/aromatic N) is 1. The third-order valence-corrected chi connectivity index (χ3v) is 1.98. The average Bonchev–Trinajstić information content (AvgIpc) is 2.14. The first-order valence-corrected chi connectivity index (χ1v) is 4.57. The second-order valence-electron chi connectivity index (χ2n) is 3.48. The van der Waals surface area contributed by atoms with Crippen LogP contribution >= 0.6 is 0 Å². The lowest BCUT2D eigenvalue weighted by Gasteiger charge is -2.05. The van der Waals surface area contributed by atoms with Gasteiger partial charge in [-0.25, -0.2) is 4.39 Å². The van der Waals surface area contributed by atoms with E-state index in [4.69, 9.17) is 11.0 Å². The highest BCUT2D eigenvalue weighted by molar-refractivity contribution is 5.33. The van der Waals surface area contributed by atoms with Crippen molar-refractivity contribution in [1.29, 1.82) is 5.26 Å². The van der Waals surface area contributed by atoms with Gasteiger partial charge in [-0.05, 0) is 43.5 Å². The lowest BCUT2D eigenvalue weighted by molar-refractivity contribution is 0.619. The van der Waals surface area contributed by atoms with Gasteiger partial charge in [-0.2, -0.15) is 5.26 Å². The molecule has 1 aromatic rings. The lowest BCUT2D eigenvalue weighted by Crippen LogP contribution is -2.15. The number of nitriles is 1. The van der Waals surface area contributed by atoms with E-state index in [0.29, 0.717) is 12.0 Å². The lowest BCUT2D eigenvalue weighted by atomic mass is 10.0. The molecule has 0 heterocycles. The summed E-state index contributed by atoms with van der Waals surface area (Å²) in [7, 11) is 0.